The van der Waals surface area contributed by atoms with Gasteiger partial charge in [-0.05, 0) is 19.4 Å². The van der Waals surface area contributed by atoms with Crippen molar-refractivity contribution in [2.75, 3.05) is 0 Å². The maximum absolute atomic E-state index is 9.57. The van der Waals surface area contributed by atoms with E-state index in [1.165, 1.54) is 0 Å². The Morgan fingerprint density at radius 3 is 2.78 bits per heavy atom. The van der Waals surface area contributed by atoms with Gasteiger partial charge in [-0.2, -0.15) is 0 Å². The van der Waals surface area contributed by atoms with Crippen LogP contribution in [0.4, 0.5) is 0 Å². The highest BCUT2D eigenvalue weighted by Gasteiger charge is 2.14. The highest BCUT2D eigenvalue weighted by molar-refractivity contribution is 5.62. The topological polar surface area (TPSA) is 66.2 Å². The minimum absolute atomic E-state index is 0.545. The Kier molecular flexibility index (Phi) is 2.41. The summed E-state index contributed by atoms with van der Waals surface area (Å²) >= 11 is 0. The standard InChI is InChI=1S/C13H14N4O/c1-8-5-3-4-6-10(8)13-15-14-12-7-11(9(2)18)16-17(12)13/h3-7,9,16,18H,1-2H3. The molecular formula is C13H14N4O. The number of aromatic amines is 1. The number of aliphatic hydroxyl groups excluding tert-OH is 1. The number of benzene rings is 1. The molecule has 0 saturated heterocycles. The van der Waals surface area contributed by atoms with E-state index in [2.05, 4.69) is 15.3 Å². The fourth-order valence-corrected chi connectivity index (χ4v) is 2.01. The Bertz CT molecular complexity index is 696. The van der Waals surface area contributed by atoms with Gasteiger partial charge in [-0.25, -0.2) is 4.52 Å². The molecule has 0 amide bonds. The van der Waals surface area contributed by atoms with E-state index in [1.54, 1.807) is 17.5 Å². The summed E-state index contributed by atoms with van der Waals surface area (Å²) in [4.78, 5) is 0. The van der Waals surface area contributed by atoms with Crippen LogP contribution in [0.2, 0.25) is 0 Å². The van der Waals surface area contributed by atoms with Gasteiger partial charge in [-0.3, -0.25) is 5.10 Å². The number of hydrogen-bond donors (Lipinski definition) is 2. The summed E-state index contributed by atoms with van der Waals surface area (Å²) < 4.78 is 1.80. The Labute approximate surface area is 104 Å². The van der Waals surface area contributed by atoms with Gasteiger partial charge >= 0.3 is 0 Å². The van der Waals surface area contributed by atoms with Crippen molar-refractivity contribution in [3.05, 3.63) is 41.6 Å². The molecular weight excluding hydrogens is 228 g/mol. The molecule has 92 valence electrons. The molecule has 1 unspecified atom stereocenters. The molecule has 18 heavy (non-hydrogen) atoms. The third-order valence-corrected chi connectivity index (χ3v) is 3.05. The van der Waals surface area contributed by atoms with E-state index in [4.69, 9.17) is 0 Å². The van der Waals surface area contributed by atoms with Gasteiger partial charge < -0.3 is 5.11 Å². The van der Waals surface area contributed by atoms with Crippen molar-refractivity contribution in [2.45, 2.75) is 20.0 Å². The predicted molar refractivity (Wildman–Crippen MR) is 68.1 cm³/mol. The maximum atomic E-state index is 9.57. The minimum Gasteiger partial charge on any atom is -0.387 e. The molecule has 0 bridgehead atoms. The Hall–Kier alpha value is -2.14. The van der Waals surface area contributed by atoms with E-state index >= 15 is 0 Å². The molecule has 1 aromatic carbocycles. The number of hydrogen-bond acceptors (Lipinski definition) is 3. The molecule has 0 spiro atoms. The Morgan fingerprint density at radius 1 is 1.28 bits per heavy atom. The summed E-state index contributed by atoms with van der Waals surface area (Å²) in [7, 11) is 0. The lowest BCUT2D eigenvalue weighted by atomic mass is 10.1. The molecule has 1 atom stereocenters. The van der Waals surface area contributed by atoms with E-state index in [9.17, 15) is 5.11 Å². The van der Waals surface area contributed by atoms with Gasteiger partial charge in [-0.1, -0.05) is 24.3 Å². The molecule has 2 N–H and O–H groups in total. The second-order valence-corrected chi connectivity index (χ2v) is 4.42. The summed E-state index contributed by atoms with van der Waals surface area (Å²) in [5, 5.41) is 21.0. The molecule has 0 fully saturated rings. The SMILES string of the molecule is Cc1ccccc1-c1nnc2cc(C(C)O)[nH]n12. The van der Waals surface area contributed by atoms with Crippen molar-refractivity contribution < 1.29 is 5.11 Å². The molecule has 2 heterocycles. The number of fused-ring (bicyclic) bond motifs is 1. The lowest BCUT2D eigenvalue weighted by Crippen LogP contribution is -1.96. The van der Waals surface area contributed by atoms with Crippen molar-refractivity contribution in [2.24, 2.45) is 0 Å². The first-order valence-electron chi connectivity index (χ1n) is 5.85. The normalized spacial score (nSPS) is 13.1. The summed E-state index contributed by atoms with van der Waals surface area (Å²) in [6.45, 7) is 3.75. The first kappa shape index (κ1) is 11.0. The zero-order valence-corrected chi connectivity index (χ0v) is 10.3. The van der Waals surface area contributed by atoms with Gasteiger partial charge in [-0.15, -0.1) is 10.2 Å². The van der Waals surface area contributed by atoms with Gasteiger partial charge in [0.15, 0.2) is 11.5 Å². The lowest BCUT2D eigenvalue weighted by Gasteiger charge is -2.03. The molecule has 0 aliphatic carbocycles. The van der Waals surface area contributed by atoms with E-state index in [0.717, 1.165) is 22.6 Å². The number of nitrogens with one attached hydrogen (secondary N) is 1. The van der Waals surface area contributed by atoms with E-state index in [1.807, 2.05) is 31.2 Å². The number of nitrogens with zero attached hydrogens (tertiary/aromatic N) is 3. The van der Waals surface area contributed by atoms with Crippen LogP contribution in [0, 0.1) is 6.92 Å². The van der Waals surface area contributed by atoms with Crippen LogP contribution in [0.3, 0.4) is 0 Å². The lowest BCUT2D eigenvalue weighted by molar-refractivity contribution is 0.194. The van der Waals surface area contributed by atoms with Gasteiger partial charge in [0.25, 0.3) is 0 Å². The zero-order chi connectivity index (χ0) is 12.7. The third kappa shape index (κ3) is 1.60. The summed E-state index contributed by atoms with van der Waals surface area (Å²) in [5.74, 6) is 0.759. The first-order chi connectivity index (χ1) is 8.66. The van der Waals surface area contributed by atoms with E-state index in [-0.39, 0.29) is 0 Å². The molecule has 3 rings (SSSR count). The van der Waals surface area contributed by atoms with E-state index < -0.39 is 6.10 Å². The minimum atomic E-state index is -0.545. The number of aliphatic hydroxyl groups is 1. The highest BCUT2D eigenvalue weighted by Crippen LogP contribution is 2.23. The smallest absolute Gasteiger partial charge is 0.183 e. The van der Waals surface area contributed by atoms with Crippen LogP contribution in [0.5, 0.6) is 0 Å². The average Bonchev–Trinajstić information content (AvgIpc) is 2.89. The largest absolute Gasteiger partial charge is 0.387 e. The van der Waals surface area contributed by atoms with Crippen molar-refractivity contribution in [3.63, 3.8) is 0 Å². The van der Waals surface area contributed by atoms with Crippen LogP contribution in [0.1, 0.15) is 24.3 Å². The average molecular weight is 242 g/mol. The van der Waals surface area contributed by atoms with Crippen LogP contribution >= 0.6 is 0 Å². The number of aromatic nitrogens is 4. The van der Waals surface area contributed by atoms with Gasteiger partial charge in [0, 0.05) is 11.6 Å². The summed E-state index contributed by atoms with van der Waals surface area (Å²) in [6.07, 6.45) is -0.545. The molecule has 3 aromatic rings. The molecule has 5 nitrogen and oxygen atoms in total. The highest BCUT2D eigenvalue weighted by atomic mass is 16.3. The predicted octanol–water partition coefficient (Wildman–Crippen LogP) is 2.09. The second-order valence-electron chi connectivity index (χ2n) is 4.42. The third-order valence-electron chi connectivity index (χ3n) is 3.05. The zero-order valence-electron chi connectivity index (χ0n) is 10.3. The van der Waals surface area contributed by atoms with Gasteiger partial charge in [0.05, 0.1) is 11.8 Å². The Balaban J connectivity index is 2.21. The number of H-pyrrole nitrogens is 1. The van der Waals surface area contributed by atoms with Crippen LogP contribution < -0.4 is 0 Å². The molecule has 5 heteroatoms. The van der Waals surface area contributed by atoms with Crippen molar-refractivity contribution >= 4 is 5.65 Å². The molecule has 2 aromatic heterocycles. The quantitative estimate of drug-likeness (QED) is 0.723. The Morgan fingerprint density at radius 2 is 2.06 bits per heavy atom. The van der Waals surface area contributed by atoms with Crippen molar-refractivity contribution in [1.82, 2.24) is 19.8 Å². The van der Waals surface area contributed by atoms with Crippen LogP contribution in [0.25, 0.3) is 17.0 Å². The van der Waals surface area contributed by atoms with E-state index in [0.29, 0.717) is 5.65 Å². The molecule has 0 radical (unpaired) electrons. The van der Waals surface area contributed by atoms with Crippen LogP contribution in [0.15, 0.2) is 30.3 Å². The van der Waals surface area contributed by atoms with Crippen LogP contribution in [-0.2, 0) is 0 Å². The fraction of sp³-hybridized carbons (Fsp3) is 0.231. The molecule has 0 aliphatic heterocycles. The first-order valence-corrected chi connectivity index (χ1v) is 5.85. The van der Waals surface area contributed by atoms with Crippen LogP contribution in [-0.4, -0.2) is 24.9 Å². The molecule has 0 aliphatic rings. The summed E-state index contributed by atoms with van der Waals surface area (Å²) in [5.41, 5.74) is 3.61. The van der Waals surface area contributed by atoms with Gasteiger partial charge in [0.2, 0.25) is 0 Å². The monoisotopic (exact) mass is 242 g/mol. The van der Waals surface area contributed by atoms with Crippen molar-refractivity contribution in [3.8, 4) is 11.4 Å². The van der Waals surface area contributed by atoms with Gasteiger partial charge in [0.1, 0.15) is 0 Å². The second kappa shape index (κ2) is 3.96. The summed E-state index contributed by atoms with van der Waals surface area (Å²) in [6, 6.07) is 9.82. The number of rotatable bonds is 2. The maximum Gasteiger partial charge on any atom is 0.183 e. The number of aryl methyl sites for hydroxylation is 1. The fourth-order valence-electron chi connectivity index (χ4n) is 2.01. The van der Waals surface area contributed by atoms with Crippen molar-refractivity contribution in [1.29, 1.82) is 0 Å². The molecule has 0 saturated carbocycles.